The van der Waals surface area contributed by atoms with Crippen LogP contribution in [-0.4, -0.2) is 14.7 Å². The van der Waals surface area contributed by atoms with Crippen molar-refractivity contribution in [1.82, 2.24) is 0 Å². The number of hydrogen-bond acceptors (Lipinski definition) is 0. The predicted octanol–water partition coefficient (Wildman–Crippen LogP) is 3.46. The lowest BCUT2D eigenvalue weighted by atomic mass is 10.4. The van der Waals surface area contributed by atoms with Crippen LogP contribution < -0.4 is 0 Å². The Labute approximate surface area is 64.8 Å². The van der Waals surface area contributed by atoms with Gasteiger partial charge in [-0.2, -0.15) is 0 Å². The van der Waals surface area contributed by atoms with E-state index in [1.54, 1.807) is 0 Å². The molecule has 10 heavy (non-hydrogen) atoms. The van der Waals surface area contributed by atoms with Crippen LogP contribution in [0.15, 0.2) is 0 Å². The fourth-order valence-corrected chi connectivity index (χ4v) is 2.44. The van der Waals surface area contributed by atoms with E-state index in [-0.39, 0.29) is 6.67 Å². The van der Waals surface area contributed by atoms with Crippen LogP contribution in [0.3, 0.4) is 0 Å². The summed E-state index contributed by atoms with van der Waals surface area (Å²) in [6.07, 6.45) is 1.87. The molecule has 0 unspecified atom stereocenters. The van der Waals surface area contributed by atoms with Crippen LogP contribution in [0.4, 0.5) is 4.39 Å². The SMILES string of the molecule is CC[Si](C)(C)CCCCF. The molecule has 0 aromatic heterocycles. The third-order valence-electron chi connectivity index (χ3n) is 2.19. The molecular formula is C8H19FSi. The first kappa shape index (κ1) is 10.1. The Morgan fingerprint density at radius 1 is 1.20 bits per heavy atom. The van der Waals surface area contributed by atoms with Crippen LogP contribution in [0.25, 0.3) is 0 Å². The third kappa shape index (κ3) is 4.97. The zero-order valence-electron chi connectivity index (χ0n) is 7.41. The predicted molar refractivity (Wildman–Crippen MR) is 48.0 cm³/mol. The Kier molecular flexibility index (Phi) is 4.96. The molecule has 0 aliphatic heterocycles. The lowest BCUT2D eigenvalue weighted by molar-refractivity contribution is 0.468. The number of unbranched alkanes of at least 4 members (excludes halogenated alkanes) is 1. The van der Waals surface area contributed by atoms with Crippen molar-refractivity contribution in [2.24, 2.45) is 0 Å². The van der Waals surface area contributed by atoms with Crippen molar-refractivity contribution >= 4 is 8.07 Å². The zero-order valence-corrected chi connectivity index (χ0v) is 8.41. The van der Waals surface area contributed by atoms with E-state index in [1.807, 2.05) is 0 Å². The number of rotatable bonds is 5. The van der Waals surface area contributed by atoms with E-state index < -0.39 is 8.07 Å². The third-order valence-corrected chi connectivity index (χ3v) is 5.82. The molecular weight excluding hydrogens is 143 g/mol. The summed E-state index contributed by atoms with van der Waals surface area (Å²) < 4.78 is 11.7. The molecule has 0 amide bonds. The fraction of sp³-hybridized carbons (Fsp3) is 1.00. The highest BCUT2D eigenvalue weighted by Gasteiger charge is 2.16. The summed E-state index contributed by atoms with van der Waals surface area (Å²) in [5.74, 6) is 0. The van der Waals surface area contributed by atoms with Gasteiger partial charge in [-0.3, -0.25) is 4.39 Å². The number of halogens is 1. The lowest BCUT2D eigenvalue weighted by Gasteiger charge is -2.18. The molecule has 0 spiro atoms. The minimum absolute atomic E-state index is 0.131. The molecule has 0 saturated carbocycles. The van der Waals surface area contributed by atoms with Crippen LogP contribution in [-0.2, 0) is 0 Å². The summed E-state index contributed by atoms with van der Waals surface area (Å²) in [7, 11) is -0.881. The molecule has 0 heterocycles. The molecule has 0 aliphatic rings. The second-order valence-corrected chi connectivity index (χ2v) is 9.20. The molecule has 0 N–H and O–H groups in total. The summed E-state index contributed by atoms with van der Waals surface area (Å²) in [5, 5.41) is 0. The second-order valence-electron chi connectivity index (χ2n) is 3.66. The maximum Gasteiger partial charge on any atom is 0.0894 e. The summed E-state index contributed by atoms with van der Waals surface area (Å²) in [6.45, 7) is 6.88. The Morgan fingerprint density at radius 3 is 2.20 bits per heavy atom. The molecule has 0 fully saturated rings. The molecule has 0 radical (unpaired) electrons. The highest BCUT2D eigenvalue weighted by molar-refractivity contribution is 6.77. The van der Waals surface area contributed by atoms with Crippen molar-refractivity contribution in [3.05, 3.63) is 0 Å². The molecule has 0 saturated heterocycles. The van der Waals surface area contributed by atoms with Gasteiger partial charge < -0.3 is 0 Å². The van der Waals surface area contributed by atoms with E-state index in [0.717, 1.165) is 12.8 Å². The van der Waals surface area contributed by atoms with E-state index >= 15 is 0 Å². The van der Waals surface area contributed by atoms with Crippen molar-refractivity contribution in [3.8, 4) is 0 Å². The summed E-state index contributed by atoms with van der Waals surface area (Å²) in [6, 6.07) is 2.63. The van der Waals surface area contributed by atoms with Gasteiger partial charge in [0.2, 0.25) is 0 Å². The minimum atomic E-state index is -0.881. The number of hydrogen-bond donors (Lipinski definition) is 0. The van der Waals surface area contributed by atoms with Gasteiger partial charge >= 0.3 is 0 Å². The summed E-state index contributed by atoms with van der Waals surface area (Å²) >= 11 is 0. The fourth-order valence-electron chi connectivity index (χ4n) is 0.875. The van der Waals surface area contributed by atoms with Gasteiger partial charge in [-0.05, 0) is 6.42 Å². The van der Waals surface area contributed by atoms with E-state index in [0.29, 0.717) is 0 Å². The van der Waals surface area contributed by atoms with Crippen LogP contribution >= 0.6 is 0 Å². The number of alkyl halides is 1. The summed E-state index contributed by atoms with van der Waals surface area (Å²) in [4.78, 5) is 0. The first-order valence-corrected chi connectivity index (χ1v) is 7.60. The lowest BCUT2D eigenvalue weighted by Crippen LogP contribution is -2.22. The molecule has 0 bridgehead atoms. The zero-order chi connectivity index (χ0) is 8.04. The van der Waals surface area contributed by atoms with Crippen molar-refractivity contribution in [1.29, 1.82) is 0 Å². The highest BCUT2D eigenvalue weighted by Crippen LogP contribution is 2.17. The molecule has 0 aromatic carbocycles. The van der Waals surface area contributed by atoms with Gasteiger partial charge in [0.15, 0.2) is 0 Å². The van der Waals surface area contributed by atoms with Gasteiger partial charge in [0.05, 0.1) is 6.67 Å². The Balaban J connectivity index is 3.28. The van der Waals surface area contributed by atoms with Crippen molar-refractivity contribution < 1.29 is 4.39 Å². The first-order chi connectivity index (χ1) is 4.62. The second kappa shape index (κ2) is 4.89. The van der Waals surface area contributed by atoms with Crippen LogP contribution in [0.5, 0.6) is 0 Å². The largest absolute Gasteiger partial charge is 0.251 e. The highest BCUT2D eigenvalue weighted by atomic mass is 28.3. The van der Waals surface area contributed by atoms with Gasteiger partial charge in [0, 0.05) is 8.07 Å². The maximum atomic E-state index is 11.7. The van der Waals surface area contributed by atoms with Gasteiger partial charge in [-0.15, -0.1) is 0 Å². The first-order valence-electron chi connectivity index (χ1n) is 4.18. The van der Waals surface area contributed by atoms with Crippen molar-refractivity contribution in [2.75, 3.05) is 6.67 Å². The smallest absolute Gasteiger partial charge is 0.0894 e. The Bertz CT molecular complexity index is 81.3. The van der Waals surface area contributed by atoms with E-state index in [1.165, 1.54) is 12.1 Å². The van der Waals surface area contributed by atoms with Crippen LogP contribution in [0.1, 0.15) is 19.8 Å². The van der Waals surface area contributed by atoms with Crippen LogP contribution in [0, 0.1) is 0 Å². The molecule has 62 valence electrons. The monoisotopic (exact) mass is 162 g/mol. The molecule has 0 rings (SSSR count). The molecule has 0 aliphatic carbocycles. The van der Waals surface area contributed by atoms with Gasteiger partial charge in [0.25, 0.3) is 0 Å². The molecule has 0 atom stereocenters. The van der Waals surface area contributed by atoms with E-state index in [4.69, 9.17) is 0 Å². The molecule has 0 nitrogen and oxygen atoms in total. The van der Waals surface area contributed by atoms with Gasteiger partial charge in [-0.1, -0.05) is 38.5 Å². The van der Waals surface area contributed by atoms with Gasteiger partial charge in [-0.25, -0.2) is 0 Å². The summed E-state index contributed by atoms with van der Waals surface area (Å²) in [5.41, 5.74) is 0. The quantitative estimate of drug-likeness (QED) is 0.429. The average molecular weight is 162 g/mol. The van der Waals surface area contributed by atoms with Crippen molar-refractivity contribution in [3.63, 3.8) is 0 Å². The molecule has 0 aromatic rings. The average Bonchev–Trinajstić information content (AvgIpc) is 1.89. The minimum Gasteiger partial charge on any atom is -0.251 e. The van der Waals surface area contributed by atoms with Crippen molar-refractivity contribution in [2.45, 2.75) is 44.9 Å². The van der Waals surface area contributed by atoms with E-state index in [2.05, 4.69) is 20.0 Å². The van der Waals surface area contributed by atoms with Crippen LogP contribution in [0.2, 0.25) is 25.2 Å². The maximum absolute atomic E-state index is 11.7. The molecule has 2 heteroatoms. The standard InChI is InChI=1S/C8H19FSi/c1-4-10(2,3)8-6-5-7-9/h4-8H2,1-3H3. The normalized spacial score (nSPS) is 12.0. The topological polar surface area (TPSA) is 0 Å². The Hall–Kier alpha value is 0.147. The Morgan fingerprint density at radius 2 is 1.80 bits per heavy atom. The van der Waals surface area contributed by atoms with E-state index in [9.17, 15) is 4.39 Å². The van der Waals surface area contributed by atoms with Gasteiger partial charge in [0.1, 0.15) is 0 Å².